The molecule has 0 aliphatic carbocycles. The van der Waals surface area contributed by atoms with Crippen LogP contribution in [0.5, 0.6) is 5.75 Å². The molecule has 0 fully saturated rings. The van der Waals surface area contributed by atoms with Crippen molar-refractivity contribution in [3.05, 3.63) is 143 Å². The van der Waals surface area contributed by atoms with Crippen LogP contribution in [0.2, 0.25) is 0 Å². The standard InChI is InChI=1S/C30H24N2O4/c1-35-24-17-15-21(16-18-24)25(26-27(31-36-30(26)34)22-11-5-2-6-12-22)28(32-19-9-4-10-20-32)29(33)23-13-7-3-8-14-23/h2-20,25,28H,1H3/p+1. The number of carbonyl (C=O) groups is 1. The lowest BCUT2D eigenvalue weighted by Gasteiger charge is -2.22. The van der Waals surface area contributed by atoms with Crippen LogP contribution in [0.25, 0.3) is 11.3 Å². The Kier molecular flexibility index (Phi) is 6.58. The molecular formula is C30H25N2O4+. The summed E-state index contributed by atoms with van der Waals surface area (Å²) in [7, 11) is 1.60. The van der Waals surface area contributed by atoms with Gasteiger partial charge < -0.3 is 9.26 Å². The van der Waals surface area contributed by atoms with Crippen LogP contribution < -0.4 is 14.9 Å². The molecule has 0 saturated heterocycles. The molecule has 2 heterocycles. The van der Waals surface area contributed by atoms with E-state index in [0.717, 1.165) is 11.1 Å². The second-order valence-electron chi connectivity index (χ2n) is 8.39. The number of aromatic amines is 1. The Morgan fingerprint density at radius 1 is 0.833 bits per heavy atom. The fourth-order valence-electron chi connectivity index (χ4n) is 4.56. The molecule has 0 amide bonds. The van der Waals surface area contributed by atoms with Crippen molar-refractivity contribution in [2.75, 3.05) is 7.11 Å². The first kappa shape index (κ1) is 23.1. The largest absolute Gasteiger partial charge is 0.497 e. The number of Topliss-reactive ketones (excluding diaryl/α,β-unsaturated/α-hetero) is 1. The van der Waals surface area contributed by atoms with Gasteiger partial charge in [-0.25, -0.2) is 9.95 Å². The summed E-state index contributed by atoms with van der Waals surface area (Å²) in [6.07, 6.45) is 3.69. The first-order valence-electron chi connectivity index (χ1n) is 11.6. The number of hydrogen-bond acceptors (Lipinski definition) is 4. The highest BCUT2D eigenvalue weighted by Gasteiger charge is 2.42. The first-order chi connectivity index (χ1) is 17.7. The van der Waals surface area contributed by atoms with Gasteiger partial charge in [0.25, 0.3) is 0 Å². The maximum Gasteiger partial charge on any atom is 0.361 e. The summed E-state index contributed by atoms with van der Waals surface area (Å²) in [5, 5.41) is 2.82. The van der Waals surface area contributed by atoms with Gasteiger partial charge in [0.15, 0.2) is 12.4 Å². The quantitative estimate of drug-likeness (QED) is 0.247. The van der Waals surface area contributed by atoms with Crippen LogP contribution in [-0.2, 0) is 0 Å². The van der Waals surface area contributed by atoms with Gasteiger partial charge in [0.2, 0.25) is 11.8 Å². The molecule has 6 heteroatoms. The van der Waals surface area contributed by atoms with E-state index in [-0.39, 0.29) is 5.78 Å². The number of ether oxygens (including phenoxy) is 1. The Hall–Kier alpha value is -4.71. The van der Waals surface area contributed by atoms with Crippen molar-refractivity contribution in [3.63, 3.8) is 0 Å². The monoisotopic (exact) mass is 477 g/mol. The number of benzene rings is 3. The Morgan fingerprint density at radius 3 is 2.08 bits per heavy atom. The van der Waals surface area contributed by atoms with Crippen molar-refractivity contribution in [2.24, 2.45) is 0 Å². The second-order valence-corrected chi connectivity index (χ2v) is 8.39. The first-order valence-corrected chi connectivity index (χ1v) is 11.6. The summed E-state index contributed by atoms with van der Waals surface area (Å²) < 4.78 is 12.6. The molecule has 2 atom stereocenters. The van der Waals surface area contributed by atoms with E-state index in [1.807, 2.05) is 108 Å². The molecule has 36 heavy (non-hydrogen) atoms. The summed E-state index contributed by atoms with van der Waals surface area (Å²) in [5.41, 5.74) is 2.54. The number of aromatic nitrogens is 2. The number of nitrogens with zero attached hydrogens (tertiary/aromatic N) is 1. The molecule has 2 unspecified atom stereocenters. The fraction of sp³-hybridized carbons (Fsp3) is 0.100. The molecule has 0 saturated carbocycles. The SMILES string of the molecule is COc1ccc(C(c2c(-c3ccccc3)[nH]oc2=O)C(C(=O)c2ccccc2)[n+]2ccccc2)cc1. The van der Waals surface area contributed by atoms with Gasteiger partial charge in [-0.3, -0.25) is 4.79 Å². The molecule has 0 aliphatic heterocycles. The zero-order valence-electron chi connectivity index (χ0n) is 19.7. The number of rotatable bonds is 8. The summed E-state index contributed by atoms with van der Waals surface area (Å²) >= 11 is 0. The third-order valence-corrected chi connectivity index (χ3v) is 6.29. The molecule has 3 aromatic carbocycles. The van der Waals surface area contributed by atoms with Crippen molar-refractivity contribution in [3.8, 4) is 17.0 Å². The summed E-state index contributed by atoms with van der Waals surface area (Å²) in [6.45, 7) is 0. The summed E-state index contributed by atoms with van der Waals surface area (Å²) in [4.78, 5) is 27.5. The fourth-order valence-corrected chi connectivity index (χ4v) is 4.56. The van der Waals surface area contributed by atoms with Crippen molar-refractivity contribution in [1.29, 1.82) is 0 Å². The van der Waals surface area contributed by atoms with E-state index >= 15 is 0 Å². The molecule has 6 nitrogen and oxygen atoms in total. The van der Waals surface area contributed by atoms with Crippen LogP contribution in [0.4, 0.5) is 0 Å². The number of pyridine rings is 1. The molecule has 5 rings (SSSR count). The average molecular weight is 478 g/mol. The van der Waals surface area contributed by atoms with E-state index in [1.54, 1.807) is 19.2 Å². The van der Waals surface area contributed by atoms with E-state index in [4.69, 9.17) is 9.26 Å². The minimum Gasteiger partial charge on any atom is -0.497 e. The van der Waals surface area contributed by atoms with Gasteiger partial charge in [-0.15, -0.1) is 0 Å². The number of H-pyrrole nitrogens is 1. The topological polar surface area (TPSA) is 76.2 Å². The smallest absolute Gasteiger partial charge is 0.361 e. The molecule has 0 aliphatic rings. The van der Waals surface area contributed by atoms with Crippen molar-refractivity contribution in [2.45, 2.75) is 12.0 Å². The molecule has 0 radical (unpaired) electrons. The van der Waals surface area contributed by atoms with Gasteiger partial charge in [-0.2, -0.15) is 4.57 Å². The maximum atomic E-state index is 14.1. The van der Waals surface area contributed by atoms with E-state index in [1.165, 1.54) is 0 Å². The van der Waals surface area contributed by atoms with Gasteiger partial charge in [0.05, 0.1) is 24.3 Å². The van der Waals surface area contributed by atoms with Crippen LogP contribution in [0.3, 0.4) is 0 Å². The highest BCUT2D eigenvalue weighted by molar-refractivity contribution is 5.99. The Balaban J connectivity index is 1.78. The summed E-state index contributed by atoms with van der Waals surface area (Å²) in [6, 6.07) is 30.9. The normalized spacial score (nSPS) is 12.6. The predicted octanol–water partition coefficient (Wildman–Crippen LogP) is 5.19. The van der Waals surface area contributed by atoms with Crippen LogP contribution >= 0.6 is 0 Å². The minimum atomic E-state index is -0.761. The Bertz CT molecular complexity index is 1490. The molecule has 2 aromatic heterocycles. The van der Waals surface area contributed by atoms with Gasteiger partial charge >= 0.3 is 5.63 Å². The number of carbonyl (C=O) groups excluding carboxylic acids is 1. The molecule has 0 spiro atoms. The predicted molar refractivity (Wildman–Crippen MR) is 136 cm³/mol. The van der Waals surface area contributed by atoms with Crippen molar-refractivity contribution in [1.82, 2.24) is 5.16 Å². The molecule has 0 bridgehead atoms. The number of methoxy groups -OCH3 is 1. The molecule has 5 aromatic rings. The van der Waals surface area contributed by atoms with Crippen LogP contribution in [-0.4, -0.2) is 18.0 Å². The average Bonchev–Trinajstić information content (AvgIpc) is 3.33. The van der Waals surface area contributed by atoms with Gasteiger partial charge in [-0.1, -0.05) is 78.9 Å². The lowest BCUT2D eigenvalue weighted by molar-refractivity contribution is -0.709. The highest BCUT2D eigenvalue weighted by Crippen LogP contribution is 2.38. The Morgan fingerprint density at radius 2 is 1.44 bits per heavy atom. The maximum absolute atomic E-state index is 14.1. The Labute approximate surface area is 208 Å². The zero-order chi connectivity index (χ0) is 24.9. The second kappa shape index (κ2) is 10.3. The van der Waals surface area contributed by atoms with Crippen molar-refractivity contribution >= 4 is 5.78 Å². The summed E-state index contributed by atoms with van der Waals surface area (Å²) in [5.74, 6) is -0.0962. The molecule has 1 N–H and O–H groups in total. The van der Waals surface area contributed by atoms with Gasteiger partial charge in [0, 0.05) is 23.3 Å². The number of ketones is 1. The molecule has 178 valence electrons. The minimum absolute atomic E-state index is 0.118. The number of nitrogens with one attached hydrogen (secondary N) is 1. The van der Waals surface area contributed by atoms with E-state index < -0.39 is 17.6 Å². The molecular weight excluding hydrogens is 452 g/mol. The van der Waals surface area contributed by atoms with E-state index in [0.29, 0.717) is 22.6 Å². The van der Waals surface area contributed by atoms with Crippen LogP contribution in [0, 0.1) is 0 Å². The van der Waals surface area contributed by atoms with Crippen LogP contribution in [0.15, 0.2) is 125 Å². The van der Waals surface area contributed by atoms with Crippen LogP contribution in [0.1, 0.15) is 33.4 Å². The van der Waals surface area contributed by atoms with Gasteiger partial charge in [-0.05, 0) is 17.7 Å². The van der Waals surface area contributed by atoms with Gasteiger partial charge in [0.1, 0.15) is 5.75 Å². The lowest BCUT2D eigenvalue weighted by atomic mass is 9.80. The third kappa shape index (κ3) is 4.49. The van der Waals surface area contributed by atoms with Crippen molar-refractivity contribution < 1.29 is 18.6 Å². The zero-order valence-corrected chi connectivity index (χ0v) is 19.7. The number of hydrogen-bond donors (Lipinski definition) is 1. The van der Waals surface area contributed by atoms with E-state index in [9.17, 15) is 9.59 Å². The highest BCUT2D eigenvalue weighted by atomic mass is 16.5. The van der Waals surface area contributed by atoms with E-state index in [2.05, 4.69) is 5.16 Å². The lowest BCUT2D eigenvalue weighted by Crippen LogP contribution is -2.47. The third-order valence-electron chi connectivity index (χ3n) is 6.29.